The molecule has 0 saturated carbocycles. The molecule has 1 aromatic carbocycles. The Labute approximate surface area is 126 Å². The highest BCUT2D eigenvalue weighted by atomic mass is 35.5. The Hall–Kier alpha value is -2.14. The molecule has 1 saturated heterocycles. The van der Waals surface area contributed by atoms with Gasteiger partial charge in [-0.1, -0.05) is 29.8 Å². The van der Waals surface area contributed by atoms with Gasteiger partial charge in [-0.2, -0.15) is 0 Å². The largest absolute Gasteiger partial charge is 0.344 e. The zero-order valence-electron chi connectivity index (χ0n) is 11.5. The summed E-state index contributed by atoms with van der Waals surface area (Å²) in [6.45, 7) is 0.648. The summed E-state index contributed by atoms with van der Waals surface area (Å²) >= 11 is 6.18. The minimum Gasteiger partial charge on any atom is -0.344 e. The molecule has 1 aromatic heterocycles. The first kappa shape index (κ1) is 13.8. The van der Waals surface area contributed by atoms with Crippen LogP contribution >= 0.6 is 11.6 Å². The van der Waals surface area contributed by atoms with Crippen LogP contribution in [0.5, 0.6) is 0 Å². The summed E-state index contributed by atoms with van der Waals surface area (Å²) in [5, 5.41) is 3.99. The summed E-state index contributed by atoms with van der Waals surface area (Å²) in [6.07, 6.45) is 0.613. The molecule has 0 radical (unpaired) electrons. The number of aromatic nitrogens is 1. The highest BCUT2D eigenvalue weighted by Crippen LogP contribution is 2.23. The van der Waals surface area contributed by atoms with E-state index < -0.39 is 6.04 Å². The van der Waals surface area contributed by atoms with E-state index in [0.717, 1.165) is 5.39 Å². The van der Waals surface area contributed by atoms with Crippen molar-refractivity contribution in [1.29, 1.82) is 0 Å². The van der Waals surface area contributed by atoms with Gasteiger partial charge in [0.05, 0.1) is 10.5 Å². The van der Waals surface area contributed by atoms with Gasteiger partial charge in [-0.05, 0) is 18.6 Å². The van der Waals surface area contributed by atoms with Gasteiger partial charge in [-0.15, -0.1) is 0 Å². The van der Waals surface area contributed by atoms with Gasteiger partial charge in [0, 0.05) is 19.0 Å². The maximum atomic E-state index is 12.2. The highest BCUT2D eigenvalue weighted by molar-refractivity contribution is 6.35. The topological polar surface area (TPSA) is 62.3 Å². The lowest BCUT2D eigenvalue weighted by atomic mass is 10.2. The van der Waals surface area contributed by atoms with E-state index in [0.29, 0.717) is 23.5 Å². The van der Waals surface area contributed by atoms with Crippen molar-refractivity contribution in [2.75, 3.05) is 13.6 Å². The van der Waals surface area contributed by atoms with Crippen molar-refractivity contribution in [2.24, 2.45) is 0 Å². The van der Waals surface area contributed by atoms with Crippen LogP contribution < -0.4 is 5.32 Å². The van der Waals surface area contributed by atoms with Crippen molar-refractivity contribution in [3.63, 3.8) is 0 Å². The van der Waals surface area contributed by atoms with Gasteiger partial charge in [-0.25, -0.2) is 4.98 Å². The average Bonchev–Trinajstić information content (AvgIpc) is 2.79. The number of amides is 2. The Morgan fingerprint density at radius 1 is 1.43 bits per heavy atom. The molecule has 3 rings (SSSR count). The molecule has 1 fully saturated rings. The lowest BCUT2D eigenvalue weighted by molar-refractivity contribution is -0.128. The second-order valence-corrected chi connectivity index (χ2v) is 5.49. The van der Waals surface area contributed by atoms with Crippen LogP contribution in [0.15, 0.2) is 30.3 Å². The van der Waals surface area contributed by atoms with Gasteiger partial charge in [0.2, 0.25) is 5.91 Å². The maximum absolute atomic E-state index is 12.2. The third-order valence-electron chi connectivity index (χ3n) is 3.63. The van der Waals surface area contributed by atoms with E-state index in [-0.39, 0.29) is 17.5 Å². The van der Waals surface area contributed by atoms with Crippen molar-refractivity contribution in [3.05, 3.63) is 41.0 Å². The molecule has 1 aliphatic heterocycles. The Morgan fingerprint density at radius 2 is 2.19 bits per heavy atom. The third-order valence-corrected chi connectivity index (χ3v) is 3.94. The molecule has 1 atom stereocenters. The predicted octanol–water partition coefficient (Wildman–Crippen LogP) is 1.85. The number of carbonyl (C=O) groups is 2. The zero-order chi connectivity index (χ0) is 15.0. The number of likely N-dealkylation sites (tertiary alicyclic amines) is 1. The van der Waals surface area contributed by atoms with Crippen LogP contribution in [0.4, 0.5) is 0 Å². The van der Waals surface area contributed by atoms with Gasteiger partial charge in [0.1, 0.15) is 11.7 Å². The van der Waals surface area contributed by atoms with Crippen LogP contribution in [0.2, 0.25) is 5.02 Å². The summed E-state index contributed by atoms with van der Waals surface area (Å²) < 4.78 is 0. The zero-order valence-corrected chi connectivity index (χ0v) is 12.2. The molecule has 0 bridgehead atoms. The smallest absolute Gasteiger partial charge is 0.270 e. The van der Waals surface area contributed by atoms with E-state index in [2.05, 4.69) is 10.3 Å². The van der Waals surface area contributed by atoms with Crippen LogP contribution in [0.3, 0.4) is 0 Å². The number of hydrogen-bond donors (Lipinski definition) is 1. The number of rotatable bonds is 2. The summed E-state index contributed by atoms with van der Waals surface area (Å²) in [6, 6.07) is 8.40. The predicted molar refractivity (Wildman–Crippen MR) is 80.3 cm³/mol. The van der Waals surface area contributed by atoms with Crippen LogP contribution in [0, 0.1) is 0 Å². The molecule has 1 aliphatic rings. The minimum atomic E-state index is -0.477. The van der Waals surface area contributed by atoms with Crippen LogP contribution in [-0.2, 0) is 4.79 Å². The molecule has 21 heavy (non-hydrogen) atoms. The third kappa shape index (κ3) is 2.56. The van der Waals surface area contributed by atoms with Gasteiger partial charge in [0.15, 0.2) is 0 Å². The fourth-order valence-corrected chi connectivity index (χ4v) is 2.70. The Kier molecular flexibility index (Phi) is 3.51. The van der Waals surface area contributed by atoms with Gasteiger partial charge in [-0.3, -0.25) is 9.59 Å². The fraction of sp³-hybridized carbons (Fsp3) is 0.267. The Morgan fingerprint density at radius 3 is 2.90 bits per heavy atom. The first-order valence-corrected chi connectivity index (χ1v) is 7.05. The quantitative estimate of drug-likeness (QED) is 0.921. The molecule has 5 nitrogen and oxygen atoms in total. The lowest BCUT2D eigenvalue weighted by Crippen LogP contribution is -2.40. The molecular formula is C15H14ClN3O2. The number of nitrogens with one attached hydrogen (secondary N) is 1. The first-order valence-electron chi connectivity index (χ1n) is 6.67. The number of carbonyl (C=O) groups excluding carboxylic acids is 2. The van der Waals surface area contributed by atoms with E-state index in [9.17, 15) is 9.59 Å². The van der Waals surface area contributed by atoms with Crippen molar-refractivity contribution in [2.45, 2.75) is 12.5 Å². The van der Waals surface area contributed by atoms with Crippen molar-refractivity contribution >= 4 is 34.3 Å². The molecule has 0 spiro atoms. The van der Waals surface area contributed by atoms with E-state index >= 15 is 0 Å². The number of halogens is 1. The van der Waals surface area contributed by atoms with Crippen LogP contribution in [-0.4, -0.2) is 41.3 Å². The number of para-hydroxylation sites is 1. The number of likely N-dealkylation sites (N-methyl/N-ethyl adjacent to an activating group) is 1. The van der Waals surface area contributed by atoms with Gasteiger partial charge in [0.25, 0.3) is 5.91 Å². The summed E-state index contributed by atoms with van der Waals surface area (Å²) in [7, 11) is 1.72. The fourth-order valence-electron chi connectivity index (χ4n) is 2.44. The Balaban J connectivity index is 1.86. The van der Waals surface area contributed by atoms with Crippen LogP contribution in [0.25, 0.3) is 10.9 Å². The summed E-state index contributed by atoms with van der Waals surface area (Å²) in [5.41, 5.74) is 0.881. The maximum Gasteiger partial charge on any atom is 0.270 e. The molecule has 0 aliphatic carbocycles. The number of benzene rings is 1. The van der Waals surface area contributed by atoms with Gasteiger partial charge >= 0.3 is 0 Å². The summed E-state index contributed by atoms with van der Waals surface area (Å²) in [5.74, 6) is -0.452. The molecule has 1 N–H and O–H groups in total. The number of pyridine rings is 1. The number of fused-ring (bicyclic) bond motifs is 1. The molecule has 2 heterocycles. The molecular weight excluding hydrogens is 290 g/mol. The second-order valence-electron chi connectivity index (χ2n) is 5.08. The molecule has 2 amide bonds. The standard InChI is InChI=1S/C15H14ClN3O2/c1-19-7-6-12(15(19)21)18-14(20)13-8-10(16)9-4-2-3-5-11(9)17-13/h2-5,8,12H,6-7H2,1H3,(H,18,20). The van der Waals surface area contributed by atoms with Crippen molar-refractivity contribution < 1.29 is 9.59 Å². The lowest BCUT2D eigenvalue weighted by Gasteiger charge is -2.12. The Bertz CT molecular complexity index is 732. The minimum absolute atomic E-state index is 0.0739. The van der Waals surface area contributed by atoms with Crippen molar-refractivity contribution in [3.8, 4) is 0 Å². The van der Waals surface area contributed by atoms with E-state index in [1.807, 2.05) is 18.2 Å². The van der Waals surface area contributed by atoms with E-state index in [4.69, 9.17) is 11.6 Å². The molecule has 6 heteroatoms. The molecule has 1 unspecified atom stereocenters. The van der Waals surface area contributed by atoms with E-state index in [1.54, 1.807) is 18.0 Å². The van der Waals surface area contributed by atoms with Crippen LogP contribution in [0.1, 0.15) is 16.9 Å². The normalized spacial score (nSPS) is 18.3. The number of hydrogen-bond acceptors (Lipinski definition) is 3. The number of nitrogens with zero attached hydrogens (tertiary/aromatic N) is 2. The van der Waals surface area contributed by atoms with Gasteiger partial charge < -0.3 is 10.2 Å². The van der Waals surface area contributed by atoms with Crippen molar-refractivity contribution in [1.82, 2.24) is 15.2 Å². The SMILES string of the molecule is CN1CCC(NC(=O)c2cc(Cl)c3ccccc3n2)C1=O. The highest BCUT2D eigenvalue weighted by Gasteiger charge is 2.30. The molecule has 108 valence electrons. The first-order chi connectivity index (χ1) is 10.1. The average molecular weight is 304 g/mol. The summed E-state index contributed by atoms with van der Waals surface area (Å²) in [4.78, 5) is 30.0. The molecule has 2 aromatic rings. The monoisotopic (exact) mass is 303 g/mol. The van der Waals surface area contributed by atoms with E-state index in [1.165, 1.54) is 6.07 Å². The second kappa shape index (κ2) is 5.33.